The van der Waals surface area contributed by atoms with Gasteiger partial charge in [0.05, 0.1) is 13.2 Å². The molecule has 0 unspecified atom stereocenters. The lowest BCUT2D eigenvalue weighted by molar-refractivity contribution is -0.147. The predicted molar refractivity (Wildman–Crippen MR) is 43.8 cm³/mol. The zero-order valence-corrected chi connectivity index (χ0v) is 7.72. The quantitative estimate of drug-likeness (QED) is 0.594. The SMILES string of the molecule is COC(=O)[C@@]1(C)C[C@H](OC)CN1. The summed E-state index contributed by atoms with van der Waals surface area (Å²) in [7, 11) is 3.05. The van der Waals surface area contributed by atoms with Crippen molar-refractivity contribution >= 4 is 5.97 Å². The minimum Gasteiger partial charge on any atom is -0.468 e. The van der Waals surface area contributed by atoms with Crippen LogP contribution in [0.25, 0.3) is 0 Å². The van der Waals surface area contributed by atoms with Crippen molar-refractivity contribution in [2.45, 2.75) is 25.0 Å². The topological polar surface area (TPSA) is 47.6 Å². The molecule has 0 spiro atoms. The van der Waals surface area contributed by atoms with Crippen LogP contribution in [-0.2, 0) is 14.3 Å². The van der Waals surface area contributed by atoms with Crippen LogP contribution in [0.3, 0.4) is 0 Å². The molecule has 1 aliphatic heterocycles. The second-order valence-corrected chi connectivity index (χ2v) is 3.27. The van der Waals surface area contributed by atoms with Crippen molar-refractivity contribution in [2.24, 2.45) is 0 Å². The molecule has 12 heavy (non-hydrogen) atoms. The van der Waals surface area contributed by atoms with Gasteiger partial charge in [-0.25, -0.2) is 0 Å². The molecule has 0 amide bonds. The Kier molecular flexibility index (Phi) is 2.69. The van der Waals surface area contributed by atoms with Crippen molar-refractivity contribution in [1.82, 2.24) is 5.32 Å². The number of hydrogen-bond donors (Lipinski definition) is 1. The summed E-state index contributed by atoms with van der Waals surface area (Å²) in [5.41, 5.74) is -0.560. The fourth-order valence-electron chi connectivity index (χ4n) is 1.49. The van der Waals surface area contributed by atoms with E-state index in [1.807, 2.05) is 6.92 Å². The molecular formula is C8H15NO3. The first kappa shape index (κ1) is 9.48. The number of carbonyl (C=O) groups excluding carboxylic acids is 1. The van der Waals surface area contributed by atoms with Crippen LogP contribution >= 0.6 is 0 Å². The van der Waals surface area contributed by atoms with Crippen LogP contribution in [-0.4, -0.2) is 38.4 Å². The molecule has 1 N–H and O–H groups in total. The fraction of sp³-hybridized carbons (Fsp3) is 0.875. The van der Waals surface area contributed by atoms with Gasteiger partial charge in [-0.05, 0) is 6.92 Å². The van der Waals surface area contributed by atoms with Gasteiger partial charge in [0.15, 0.2) is 0 Å². The van der Waals surface area contributed by atoms with E-state index in [1.54, 1.807) is 7.11 Å². The molecule has 1 heterocycles. The summed E-state index contributed by atoms with van der Waals surface area (Å²) in [6, 6.07) is 0. The molecule has 2 atom stereocenters. The van der Waals surface area contributed by atoms with Crippen LogP contribution < -0.4 is 5.32 Å². The molecule has 1 aliphatic rings. The van der Waals surface area contributed by atoms with E-state index in [-0.39, 0.29) is 12.1 Å². The molecule has 0 aliphatic carbocycles. The summed E-state index contributed by atoms with van der Waals surface area (Å²) in [5.74, 6) is -0.220. The van der Waals surface area contributed by atoms with Gasteiger partial charge in [-0.15, -0.1) is 0 Å². The average Bonchev–Trinajstić information content (AvgIpc) is 2.47. The van der Waals surface area contributed by atoms with Crippen molar-refractivity contribution < 1.29 is 14.3 Å². The van der Waals surface area contributed by atoms with Crippen molar-refractivity contribution in [3.63, 3.8) is 0 Å². The highest BCUT2D eigenvalue weighted by atomic mass is 16.5. The minimum absolute atomic E-state index is 0.120. The maximum atomic E-state index is 11.3. The summed E-state index contributed by atoms with van der Waals surface area (Å²) >= 11 is 0. The number of esters is 1. The van der Waals surface area contributed by atoms with E-state index in [4.69, 9.17) is 4.74 Å². The lowest BCUT2D eigenvalue weighted by Crippen LogP contribution is -2.45. The molecule has 0 aromatic rings. The summed E-state index contributed by atoms with van der Waals surface area (Å²) in [5, 5.41) is 3.09. The molecule has 4 nitrogen and oxygen atoms in total. The molecule has 4 heteroatoms. The molecule has 0 saturated carbocycles. The Bertz CT molecular complexity index is 183. The van der Waals surface area contributed by atoms with Gasteiger partial charge >= 0.3 is 5.97 Å². The Morgan fingerprint density at radius 1 is 1.58 bits per heavy atom. The van der Waals surface area contributed by atoms with Crippen molar-refractivity contribution in [2.75, 3.05) is 20.8 Å². The molecule has 70 valence electrons. The van der Waals surface area contributed by atoms with Gasteiger partial charge in [-0.2, -0.15) is 0 Å². The molecule has 0 bridgehead atoms. The summed E-state index contributed by atoms with van der Waals surface area (Å²) in [4.78, 5) is 11.3. The summed E-state index contributed by atoms with van der Waals surface area (Å²) in [6.07, 6.45) is 0.796. The standard InChI is InChI=1S/C8H15NO3/c1-8(7(10)12-3)4-6(11-2)5-9-8/h6,9H,4-5H2,1-3H3/t6-,8+/m0/s1. The third-order valence-corrected chi connectivity index (χ3v) is 2.33. The zero-order chi connectivity index (χ0) is 9.19. The number of rotatable bonds is 2. The van der Waals surface area contributed by atoms with Gasteiger partial charge in [-0.1, -0.05) is 0 Å². The Hall–Kier alpha value is -0.610. The number of ether oxygens (including phenoxy) is 2. The number of methoxy groups -OCH3 is 2. The van der Waals surface area contributed by atoms with Gasteiger partial charge in [0.1, 0.15) is 5.54 Å². The number of hydrogen-bond acceptors (Lipinski definition) is 4. The lowest BCUT2D eigenvalue weighted by atomic mass is 10.00. The van der Waals surface area contributed by atoms with E-state index < -0.39 is 5.54 Å². The first-order valence-corrected chi connectivity index (χ1v) is 3.98. The van der Waals surface area contributed by atoms with E-state index >= 15 is 0 Å². The highest BCUT2D eigenvalue weighted by Crippen LogP contribution is 2.21. The highest BCUT2D eigenvalue weighted by Gasteiger charge is 2.41. The van der Waals surface area contributed by atoms with Gasteiger partial charge < -0.3 is 9.47 Å². The Labute approximate surface area is 72.2 Å². The molecule has 1 saturated heterocycles. The molecule has 0 aromatic carbocycles. The van der Waals surface area contributed by atoms with Crippen LogP contribution in [0.15, 0.2) is 0 Å². The summed E-state index contributed by atoms with van der Waals surface area (Å²) < 4.78 is 9.80. The number of carbonyl (C=O) groups is 1. The van der Waals surface area contributed by atoms with E-state index in [1.165, 1.54) is 7.11 Å². The third-order valence-electron chi connectivity index (χ3n) is 2.33. The van der Waals surface area contributed by atoms with Crippen molar-refractivity contribution in [1.29, 1.82) is 0 Å². The average molecular weight is 173 g/mol. The Morgan fingerprint density at radius 3 is 2.67 bits per heavy atom. The molecule has 0 radical (unpaired) electrons. The summed E-state index contributed by atoms with van der Waals surface area (Å²) in [6.45, 7) is 2.54. The van der Waals surface area contributed by atoms with Crippen LogP contribution in [0, 0.1) is 0 Å². The zero-order valence-electron chi connectivity index (χ0n) is 7.72. The number of nitrogens with one attached hydrogen (secondary N) is 1. The van der Waals surface area contributed by atoms with Crippen molar-refractivity contribution in [3.05, 3.63) is 0 Å². The van der Waals surface area contributed by atoms with Crippen LogP contribution in [0.1, 0.15) is 13.3 Å². The van der Waals surface area contributed by atoms with Crippen LogP contribution in [0.5, 0.6) is 0 Å². The van der Waals surface area contributed by atoms with E-state index in [0.29, 0.717) is 13.0 Å². The Balaban J connectivity index is 2.57. The lowest BCUT2D eigenvalue weighted by Gasteiger charge is -2.20. The first-order chi connectivity index (χ1) is 5.62. The maximum Gasteiger partial charge on any atom is 0.325 e. The minimum atomic E-state index is -0.560. The van der Waals surface area contributed by atoms with E-state index in [0.717, 1.165) is 0 Å². The second kappa shape index (κ2) is 3.41. The van der Waals surface area contributed by atoms with Gasteiger partial charge in [0.2, 0.25) is 0 Å². The van der Waals surface area contributed by atoms with E-state index in [2.05, 4.69) is 10.1 Å². The highest BCUT2D eigenvalue weighted by molar-refractivity contribution is 5.80. The fourth-order valence-corrected chi connectivity index (χ4v) is 1.49. The smallest absolute Gasteiger partial charge is 0.325 e. The normalized spacial score (nSPS) is 35.1. The second-order valence-electron chi connectivity index (χ2n) is 3.27. The van der Waals surface area contributed by atoms with Gasteiger partial charge in [-0.3, -0.25) is 10.1 Å². The molecule has 1 fully saturated rings. The maximum absolute atomic E-state index is 11.3. The van der Waals surface area contributed by atoms with Crippen LogP contribution in [0.4, 0.5) is 0 Å². The molecular weight excluding hydrogens is 158 g/mol. The predicted octanol–water partition coefficient (Wildman–Crippen LogP) is -0.0736. The van der Waals surface area contributed by atoms with Gasteiger partial charge in [0.25, 0.3) is 0 Å². The van der Waals surface area contributed by atoms with Gasteiger partial charge in [0, 0.05) is 20.1 Å². The van der Waals surface area contributed by atoms with Crippen molar-refractivity contribution in [3.8, 4) is 0 Å². The Morgan fingerprint density at radius 2 is 2.25 bits per heavy atom. The van der Waals surface area contributed by atoms with E-state index in [9.17, 15) is 4.79 Å². The molecule has 1 rings (SSSR count). The van der Waals surface area contributed by atoms with Crippen LogP contribution in [0.2, 0.25) is 0 Å². The monoisotopic (exact) mass is 173 g/mol. The first-order valence-electron chi connectivity index (χ1n) is 3.98. The largest absolute Gasteiger partial charge is 0.468 e. The molecule has 0 aromatic heterocycles. The third kappa shape index (κ3) is 1.59.